The molecule has 0 radical (unpaired) electrons. The van der Waals surface area contributed by atoms with Crippen LogP contribution in [0.15, 0.2) is 12.1 Å². The molecule has 1 aliphatic heterocycles. The van der Waals surface area contributed by atoms with Gasteiger partial charge in [-0.15, -0.1) is 0 Å². The Labute approximate surface area is 152 Å². The Morgan fingerprint density at radius 1 is 1.40 bits per heavy atom. The van der Waals surface area contributed by atoms with Crippen molar-refractivity contribution in [3.05, 3.63) is 22.7 Å². The highest BCUT2D eigenvalue weighted by atomic mass is 35.5. The SMILES string of the molecule is CCN1CCN(Cc2cc(Cl)c(OCC(=O)O)c(OC)c2)[C@H](C)C1=O. The second kappa shape index (κ2) is 8.40. The average Bonchev–Trinajstić information content (AvgIpc) is 2.57. The molecule has 25 heavy (non-hydrogen) atoms. The molecule has 138 valence electrons. The number of carboxylic acids is 1. The molecular weight excluding hydrogens is 348 g/mol. The van der Waals surface area contributed by atoms with Gasteiger partial charge in [-0.1, -0.05) is 11.6 Å². The van der Waals surface area contributed by atoms with Gasteiger partial charge in [-0.2, -0.15) is 0 Å². The largest absolute Gasteiger partial charge is 0.493 e. The third kappa shape index (κ3) is 4.55. The molecule has 0 bridgehead atoms. The number of nitrogens with zero attached hydrogens (tertiary/aromatic N) is 2. The number of likely N-dealkylation sites (N-methyl/N-ethyl adjacent to an activating group) is 1. The standard InChI is InChI=1S/C17H23ClN2O5/c1-4-19-5-6-20(11(2)17(19)23)9-12-7-13(18)16(14(8-12)24-3)25-10-15(21)22/h7-8,11H,4-6,9-10H2,1-3H3,(H,21,22)/t11-/m1/s1. The Balaban J connectivity index is 2.16. The fraction of sp³-hybridized carbons (Fsp3) is 0.529. The van der Waals surface area contributed by atoms with E-state index < -0.39 is 12.6 Å². The molecule has 1 N–H and O–H groups in total. The number of aliphatic carboxylic acids is 1. The van der Waals surface area contributed by atoms with Crippen molar-refractivity contribution in [3.63, 3.8) is 0 Å². The maximum absolute atomic E-state index is 12.3. The van der Waals surface area contributed by atoms with Gasteiger partial charge in [0.15, 0.2) is 18.1 Å². The minimum Gasteiger partial charge on any atom is -0.493 e. The lowest BCUT2D eigenvalue weighted by Gasteiger charge is -2.38. The van der Waals surface area contributed by atoms with Crippen LogP contribution in [0.25, 0.3) is 0 Å². The molecule has 1 amide bonds. The number of methoxy groups -OCH3 is 1. The Morgan fingerprint density at radius 2 is 2.12 bits per heavy atom. The van der Waals surface area contributed by atoms with Gasteiger partial charge < -0.3 is 19.5 Å². The van der Waals surface area contributed by atoms with E-state index >= 15 is 0 Å². The topological polar surface area (TPSA) is 79.3 Å². The summed E-state index contributed by atoms with van der Waals surface area (Å²) in [5, 5.41) is 9.02. The second-order valence-corrected chi connectivity index (χ2v) is 6.26. The van der Waals surface area contributed by atoms with Crippen LogP contribution in [0.3, 0.4) is 0 Å². The summed E-state index contributed by atoms with van der Waals surface area (Å²) in [6, 6.07) is 3.26. The first-order valence-electron chi connectivity index (χ1n) is 8.11. The van der Waals surface area contributed by atoms with Crippen molar-refractivity contribution in [1.29, 1.82) is 0 Å². The number of hydrogen-bond donors (Lipinski definition) is 1. The van der Waals surface area contributed by atoms with Gasteiger partial charge in [-0.25, -0.2) is 4.79 Å². The van der Waals surface area contributed by atoms with Crippen molar-refractivity contribution in [1.82, 2.24) is 9.80 Å². The van der Waals surface area contributed by atoms with E-state index in [-0.39, 0.29) is 22.7 Å². The van der Waals surface area contributed by atoms with Crippen LogP contribution in [0.5, 0.6) is 11.5 Å². The monoisotopic (exact) mass is 370 g/mol. The summed E-state index contributed by atoms with van der Waals surface area (Å²) >= 11 is 6.23. The molecule has 7 nitrogen and oxygen atoms in total. The highest BCUT2D eigenvalue weighted by Crippen LogP contribution is 2.37. The van der Waals surface area contributed by atoms with Crippen LogP contribution in [0.4, 0.5) is 0 Å². The minimum atomic E-state index is -1.09. The van der Waals surface area contributed by atoms with Crippen LogP contribution >= 0.6 is 11.6 Å². The number of benzene rings is 1. The van der Waals surface area contributed by atoms with Crippen LogP contribution in [0.2, 0.25) is 5.02 Å². The molecule has 1 aliphatic rings. The summed E-state index contributed by atoms with van der Waals surface area (Å²) in [6.07, 6.45) is 0. The van der Waals surface area contributed by atoms with Gasteiger partial charge in [-0.05, 0) is 31.5 Å². The highest BCUT2D eigenvalue weighted by molar-refractivity contribution is 6.32. The quantitative estimate of drug-likeness (QED) is 0.789. The first-order chi connectivity index (χ1) is 11.9. The average molecular weight is 371 g/mol. The second-order valence-electron chi connectivity index (χ2n) is 5.86. The predicted molar refractivity (Wildman–Crippen MR) is 93.3 cm³/mol. The number of halogens is 1. The predicted octanol–water partition coefficient (Wildman–Crippen LogP) is 1.86. The highest BCUT2D eigenvalue weighted by Gasteiger charge is 2.30. The lowest BCUT2D eigenvalue weighted by Crippen LogP contribution is -2.55. The Hall–Kier alpha value is -1.99. The van der Waals surface area contributed by atoms with Crippen molar-refractivity contribution < 1.29 is 24.2 Å². The summed E-state index contributed by atoms with van der Waals surface area (Å²) in [7, 11) is 1.47. The van der Waals surface area contributed by atoms with Gasteiger partial charge in [0.25, 0.3) is 0 Å². The van der Waals surface area contributed by atoms with E-state index in [4.69, 9.17) is 26.2 Å². The first kappa shape index (κ1) is 19.3. The van der Waals surface area contributed by atoms with Crippen molar-refractivity contribution in [2.45, 2.75) is 26.4 Å². The molecule has 1 fully saturated rings. The van der Waals surface area contributed by atoms with Crippen molar-refractivity contribution >= 4 is 23.5 Å². The zero-order valence-corrected chi connectivity index (χ0v) is 15.4. The molecule has 0 unspecified atom stereocenters. The molecule has 0 spiro atoms. The fourth-order valence-corrected chi connectivity index (χ4v) is 3.16. The summed E-state index contributed by atoms with van der Waals surface area (Å²) in [5.41, 5.74) is 0.870. The van der Waals surface area contributed by atoms with Crippen LogP contribution in [0.1, 0.15) is 19.4 Å². The van der Waals surface area contributed by atoms with E-state index in [1.807, 2.05) is 18.7 Å². The Bertz CT molecular complexity index is 652. The smallest absolute Gasteiger partial charge is 0.341 e. The van der Waals surface area contributed by atoms with Crippen molar-refractivity contribution in [3.8, 4) is 11.5 Å². The summed E-state index contributed by atoms with van der Waals surface area (Å²) in [5.74, 6) is -0.401. The zero-order valence-electron chi connectivity index (χ0n) is 14.6. The molecule has 0 saturated carbocycles. The van der Waals surface area contributed by atoms with Gasteiger partial charge in [0.05, 0.1) is 18.2 Å². The van der Waals surface area contributed by atoms with E-state index in [0.717, 1.165) is 12.1 Å². The van der Waals surface area contributed by atoms with Crippen molar-refractivity contribution in [2.75, 3.05) is 33.4 Å². The maximum Gasteiger partial charge on any atom is 0.341 e. The van der Waals surface area contributed by atoms with Crippen LogP contribution in [-0.2, 0) is 16.1 Å². The van der Waals surface area contributed by atoms with E-state index in [1.54, 1.807) is 12.1 Å². The fourth-order valence-electron chi connectivity index (χ4n) is 2.88. The van der Waals surface area contributed by atoms with Gasteiger partial charge in [0.1, 0.15) is 0 Å². The van der Waals surface area contributed by atoms with Crippen LogP contribution in [0, 0.1) is 0 Å². The lowest BCUT2D eigenvalue weighted by molar-refractivity contribution is -0.141. The van der Waals surface area contributed by atoms with E-state index in [1.165, 1.54) is 7.11 Å². The molecule has 2 rings (SSSR count). The summed E-state index contributed by atoms with van der Waals surface area (Å²) in [4.78, 5) is 26.9. The third-order valence-electron chi connectivity index (χ3n) is 4.27. The number of rotatable bonds is 7. The number of ether oxygens (including phenoxy) is 2. The molecule has 1 heterocycles. The van der Waals surface area contributed by atoms with Crippen LogP contribution < -0.4 is 9.47 Å². The molecule has 0 aliphatic carbocycles. The van der Waals surface area contributed by atoms with Gasteiger partial charge >= 0.3 is 5.97 Å². The minimum absolute atomic E-state index is 0.119. The van der Waals surface area contributed by atoms with Gasteiger partial charge in [0, 0.05) is 26.2 Å². The van der Waals surface area contributed by atoms with E-state index in [2.05, 4.69) is 4.90 Å². The number of carboxylic acid groups (broad SMARTS) is 1. The molecule has 1 aromatic carbocycles. The number of carbonyl (C=O) groups is 2. The molecule has 1 saturated heterocycles. The summed E-state index contributed by atoms with van der Waals surface area (Å²) < 4.78 is 10.5. The molecule has 0 aromatic heterocycles. The Morgan fingerprint density at radius 3 is 2.72 bits per heavy atom. The van der Waals surface area contributed by atoms with Gasteiger partial charge in [0.2, 0.25) is 5.91 Å². The normalized spacial score (nSPS) is 18.3. The summed E-state index contributed by atoms with van der Waals surface area (Å²) in [6.45, 7) is 6.10. The number of piperazine rings is 1. The van der Waals surface area contributed by atoms with Gasteiger partial charge in [-0.3, -0.25) is 9.69 Å². The number of carbonyl (C=O) groups excluding carboxylic acids is 1. The number of amides is 1. The van der Waals surface area contributed by atoms with E-state index in [0.29, 0.717) is 25.4 Å². The molecular formula is C17H23ClN2O5. The molecule has 1 aromatic rings. The maximum atomic E-state index is 12.3. The van der Waals surface area contributed by atoms with Crippen molar-refractivity contribution in [2.24, 2.45) is 0 Å². The lowest BCUT2D eigenvalue weighted by atomic mass is 10.1. The molecule has 8 heteroatoms. The van der Waals surface area contributed by atoms with Crippen LogP contribution in [-0.4, -0.2) is 66.2 Å². The first-order valence-corrected chi connectivity index (χ1v) is 8.49. The zero-order chi connectivity index (χ0) is 18.6. The molecule has 1 atom stereocenters. The Kier molecular flexibility index (Phi) is 6.50. The number of hydrogen-bond acceptors (Lipinski definition) is 5. The van der Waals surface area contributed by atoms with E-state index in [9.17, 15) is 9.59 Å². The third-order valence-corrected chi connectivity index (χ3v) is 4.55.